The van der Waals surface area contributed by atoms with Crippen LogP contribution in [-0.4, -0.2) is 65.9 Å². The van der Waals surface area contributed by atoms with Crippen LogP contribution in [0.3, 0.4) is 0 Å². The lowest BCUT2D eigenvalue weighted by molar-refractivity contribution is -0.361. The number of esters is 1. The first-order chi connectivity index (χ1) is 15.5. The fourth-order valence-corrected chi connectivity index (χ4v) is 6.74. The van der Waals surface area contributed by atoms with Gasteiger partial charge >= 0.3 is 23.9 Å². The molecule has 3 aliphatic rings. The quantitative estimate of drug-likeness (QED) is 0.325. The number of alkyl halides is 6. The molecule has 200 valence electrons. The molecule has 0 aromatic rings. The van der Waals surface area contributed by atoms with Gasteiger partial charge in [-0.15, -0.1) is 0 Å². The van der Waals surface area contributed by atoms with E-state index >= 15 is 0 Å². The fraction of sp³-hybridized carbons (Fsp3) is 0.850. The van der Waals surface area contributed by atoms with E-state index in [0.29, 0.717) is 6.42 Å². The number of carbonyl (C=O) groups is 3. The molecule has 8 nitrogen and oxygen atoms in total. The third-order valence-electron chi connectivity index (χ3n) is 7.27. The molecule has 0 aromatic heterocycles. The van der Waals surface area contributed by atoms with Gasteiger partial charge in [-0.1, -0.05) is 20.8 Å². The second-order valence-electron chi connectivity index (χ2n) is 10.7. The van der Waals surface area contributed by atoms with Gasteiger partial charge in [-0.05, 0) is 36.5 Å². The molecule has 1 heterocycles. The molecular formula is C20H25F6NO7S. The Morgan fingerprint density at radius 2 is 1.66 bits per heavy atom. The highest BCUT2D eigenvalue weighted by molar-refractivity contribution is 7.85. The van der Waals surface area contributed by atoms with E-state index in [4.69, 9.17) is 4.55 Å². The molecule has 35 heavy (non-hydrogen) atoms. The number of amides is 2. The molecule has 0 aromatic carbocycles. The first-order valence-corrected chi connectivity index (χ1v) is 12.3. The number of hydrogen-bond donors (Lipinski definition) is 1. The molecule has 3 rings (SSSR count). The summed E-state index contributed by atoms with van der Waals surface area (Å²) in [5, 5.41) is 0. The van der Waals surface area contributed by atoms with Gasteiger partial charge in [0.05, 0.1) is 6.42 Å². The predicted molar refractivity (Wildman–Crippen MR) is 105 cm³/mol. The molecule has 1 aliphatic heterocycles. The van der Waals surface area contributed by atoms with Crippen molar-refractivity contribution >= 4 is 27.9 Å². The molecule has 0 spiro atoms. The highest BCUT2D eigenvalue weighted by Gasteiger charge is 2.76. The van der Waals surface area contributed by atoms with E-state index in [2.05, 4.69) is 4.74 Å². The Bertz CT molecular complexity index is 1020. The normalized spacial score (nSPS) is 29.5. The van der Waals surface area contributed by atoms with Gasteiger partial charge in [0, 0.05) is 17.9 Å². The molecule has 2 saturated carbocycles. The van der Waals surface area contributed by atoms with E-state index in [1.165, 1.54) is 0 Å². The molecular weight excluding hydrogens is 512 g/mol. The number of ether oxygens (including phenoxy) is 1. The Morgan fingerprint density at radius 1 is 1.11 bits per heavy atom. The number of fused-ring (bicyclic) bond motifs is 5. The minimum absolute atomic E-state index is 0.0405. The molecule has 4 unspecified atom stereocenters. The van der Waals surface area contributed by atoms with Gasteiger partial charge in [-0.25, -0.2) is 0 Å². The Labute approximate surface area is 197 Å². The molecule has 4 atom stereocenters. The minimum atomic E-state index is -6.43. The van der Waals surface area contributed by atoms with Crippen LogP contribution in [0.15, 0.2) is 0 Å². The van der Waals surface area contributed by atoms with Crippen molar-refractivity contribution in [2.45, 2.75) is 64.4 Å². The summed E-state index contributed by atoms with van der Waals surface area (Å²) in [5.74, 6) is -7.62. The van der Waals surface area contributed by atoms with E-state index in [1.54, 1.807) is 20.8 Å². The average molecular weight is 537 g/mol. The summed E-state index contributed by atoms with van der Waals surface area (Å²) in [6.45, 7) is 4.80. The van der Waals surface area contributed by atoms with Crippen molar-refractivity contribution in [1.82, 2.24) is 4.90 Å². The van der Waals surface area contributed by atoms with Gasteiger partial charge in [-0.3, -0.25) is 23.8 Å². The van der Waals surface area contributed by atoms with Crippen molar-refractivity contribution in [2.75, 3.05) is 12.3 Å². The number of rotatable bonds is 5. The van der Waals surface area contributed by atoms with Gasteiger partial charge in [-0.2, -0.15) is 34.8 Å². The number of halogens is 6. The average Bonchev–Trinajstić information content (AvgIpc) is 3.26. The van der Waals surface area contributed by atoms with Gasteiger partial charge in [0.15, 0.2) is 0 Å². The van der Waals surface area contributed by atoms with Gasteiger partial charge < -0.3 is 4.74 Å². The second kappa shape index (κ2) is 8.05. The van der Waals surface area contributed by atoms with Crippen LogP contribution in [0.1, 0.15) is 46.5 Å². The van der Waals surface area contributed by atoms with E-state index in [-0.39, 0.29) is 25.3 Å². The van der Waals surface area contributed by atoms with Crippen LogP contribution in [0.25, 0.3) is 0 Å². The fourth-order valence-electron chi connectivity index (χ4n) is 5.84. The van der Waals surface area contributed by atoms with Crippen LogP contribution in [-0.2, 0) is 29.2 Å². The van der Waals surface area contributed by atoms with Crippen molar-refractivity contribution in [2.24, 2.45) is 28.6 Å². The van der Waals surface area contributed by atoms with E-state index in [0.717, 1.165) is 4.90 Å². The Morgan fingerprint density at radius 3 is 2.11 bits per heavy atom. The Kier molecular flexibility index (Phi) is 6.37. The summed E-state index contributed by atoms with van der Waals surface area (Å²) < 4.78 is 116. The van der Waals surface area contributed by atoms with Crippen LogP contribution in [0.2, 0.25) is 0 Å². The van der Waals surface area contributed by atoms with Gasteiger partial charge in [0.25, 0.3) is 10.1 Å². The third-order valence-corrected chi connectivity index (χ3v) is 8.04. The lowest BCUT2D eigenvalue weighted by Gasteiger charge is -2.38. The van der Waals surface area contributed by atoms with Crippen LogP contribution < -0.4 is 0 Å². The highest BCUT2D eigenvalue weighted by atomic mass is 32.2. The Balaban J connectivity index is 1.91. The van der Waals surface area contributed by atoms with Crippen molar-refractivity contribution < 1.29 is 58.4 Å². The number of hydrogen-bond acceptors (Lipinski definition) is 6. The van der Waals surface area contributed by atoms with Crippen molar-refractivity contribution in [3.63, 3.8) is 0 Å². The molecule has 2 bridgehead atoms. The monoisotopic (exact) mass is 537 g/mol. The maximum absolute atomic E-state index is 13.5. The van der Waals surface area contributed by atoms with E-state index in [1.807, 2.05) is 0 Å². The summed E-state index contributed by atoms with van der Waals surface area (Å²) in [4.78, 5) is 39.4. The predicted octanol–water partition coefficient (Wildman–Crippen LogP) is 3.12. The summed E-state index contributed by atoms with van der Waals surface area (Å²) in [6, 6.07) is 0. The smallest absolute Gasteiger partial charge is 0.438 e. The lowest BCUT2D eigenvalue weighted by Crippen LogP contribution is -2.63. The van der Waals surface area contributed by atoms with Crippen LogP contribution in [0.4, 0.5) is 26.3 Å². The standard InChI is InChI=1S/C20H25F6NO7S/c1-16(2,3)15(30)27-8-11-10-4-5-17(6-10,13(11)14(27)29)7-12(28)34-18(19(21,22)23,20(24,25)26)9-35(31,32)33/h10-11,13H,4-9H2,1-3H3,(H,31,32,33). The van der Waals surface area contributed by atoms with E-state index < -0.39 is 80.7 Å². The Hall–Kier alpha value is -1.90. The summed E-state index contributed by atoms with van der Waals surface area (Å²) in [6.07, 6.45) is -13.1. The highest BCUT2D eigenvalue weighted by Crippen LogP contribution is 2.65. The van der Waals surface area contributed by atoms with Gasteiger partial charge in [0.1, 0.15) is 5.75 Å². The maximum atomic E-state index is 13.5. The number of carbonyl (C=O) groups excluding carboxylic acids is 3. The zero-order valence-corrected chi connectivity index (χ0v) is 19.8. The molecule has 1 N–H and O–H groups in total. The second-order valence-corrected chi connectivity index (χ2v) is 12.2. The molecule has 1 saturated heterocycles. The number of nitrogens with zero attached hydrogens (tertiary/aromatic N) is 1. The molecule has 15 heteroatoms. The summed E-state index contributed by atoms with van der Waals surface area (Å²) in [7, 11) is -5.90. The maximum Gasteiger partial charge on any atom is 0.438 e. The SMILES string of the molecule is CC(C)(C)C(=O)N1CC2C3CCC(CC(=O)OC(CS(=O)(=O)O)(C(F)(F)F)C(F)(F)F)(C3)C2C1=O. The number of likely N-dealkylation sites (tertiary alicyclic amines) is 1. The number of imide groups is 1. The van der Waals surface area contributed by atoms with Crippen molar-refractivity contribution in [1.29, 1.82) is 0 Å². The van der Waals surface area contributed by atoms with Crippen LogP contribution >= 0.6 is 0 Å². The minimum Gasteiger partial charge on any atom is -0.438 e. The van der Waals surface area contributed by atoms with Crippen molar-refractivity contribution in [3.8, 4) is 0 Å². The zero-order chi connectivity index (χ0) is 27.0. The molecule has 3 fully saturated rings. The molecule has 2 amide bonds. The van der Waals surface area contributed by atoms with Gasteiger partial charge in [0.2, 0.25) is 11.8 Å². The topological polar surface area (TPSA) is 118 Å². The zero-order valence-electron chi connectivity index (χ0n) is 19.0. The largest absolute Gasteiger partial charge is 0.438 e. The van der Waals surface area contributed by atoms with Crippen molar-refractivity contribution in [3.05, 3.63) is 0 Å². The molecule has 0 radical (unpaired) electrons. The summed E-state index contributed by atoms with van der Waals surface area (Å²) >= 11 is 0. The first-order valence-electron chi connectivity index (χ1n) is 10.7. The summed E-state index contributed by atoms with van der Waals surface area (Å²) in [5.41, 5.74) is -7.74. The first kappa shape index (κ1) is 27.7. The van der Waals surface area contributed by atoms with Crippen LogP contribution in [0, 0.1) is 28.6 Å². The van der Waals surface area contributed by atoms with Crippen LogP contribution in [0.5, 0.6) is 0 Å². The lowest BCUT2D eigenvalue weighted by atomic mass is 9.69. The molecule has 2 aliphatic carbocycles. The third kappa shape index (κ3) is 4.65. The van der Waals surface area contributed by atoms with E-state index in [9.17, 15) is 49.1 Å².